The number of methoxy groups -OCH3 is 1. The van der Waals surface area contributed by atoms with Crippen molar-refractivity contribution in [1.29, 1.82) is 0 Å². The van der Waals surface area contributed by atoms with Gasteiger partial charge in [-0.25, -0.2) is 0 Å². The molecule has 116 valence electrons. The highest BCUT2D eigenvalue weighted by Crippen LogP contribution is 2.35. The lowest BCUT2D eigenvalue weighted by atomic mass is 10.0. The number of benzene rings is 1. The van der Waals surface area contributed by atoms with Gasteiger partial charge in [-0.3, -0.25) is 0 Å². The fourth-order valence-electron chi connectivity index (χ4n) is 2.65. The second kappa shape index (κ2) is 7.14. The van der Waals surface area contributed by atoms with E-state index in [-0.39, 0.29) is 0 Å². The standard InChI is InChI=1S/C17H25NO3/c1-19-7-3-9-21-17-11-13(12-18-14-5-6-14)10-16-15(17)4-2-8-20-16/h10-11,14,18H,2-9,12H2,1H3. The highest BCUT2D eigenvalue weighted by atomic mass is 16.5. The van der Waals surface area contributed by atoms with Crippen LogP contribution in [0.15, 0.2) is 12.1 Å². The number of hydrogen-bond donors (Lipinski definition) is 1. The molecule has 0 saturated heterocycles. The van der Waals surface area contributed by atoms with E-state index >= 15 is 0 Å². The van der Waals surface area contributed by atoms with Crippen molar-refractivity contribution in [2.75, 3.05) is 26.9 Å². The zero-order chi connectivity index (χ0) is 14.5. The van der Waals surface area contributed by atoms with Crippen molar-refractivity contribution in [3.63, 3.8) is 0 Å². The van der Waals surface area contributed by atoms with Gasteiger partial charge in [0.1, 0.15) is 11.5 Å². The van der Waals surface area contributed by atoms with E-state index < -0.39 is 0 Å². The molecule has 1 fully saturated rings. The molecule has 0 radical (unpaired) electrons. The molecule has 1 aromatic rings. The SMILES string of the molecule is COCCCOc1cc(CNC2CC2)cc2c1CCCO2. The van der Waals surface area contributed by atoms with E-state index in [0.29, 0.717) is 12.6 Å². The Labute approximate surface area is 126 Å². The van der Waals surface area contributed by atoms with E-state index in [9.17, 15) is 0 Å². The number of fused-ring (bicyclic) bond motifs is 1. The normalized spacial score (nSPS) is 17.2. The van der Waals surface area contributed by atoms with Gasteiger partial charge in [-0.2, -0.15) is 0 Å². The topological polar surface area (TPSA) is 39.7 Å². The maximum atomic E-state index is 5.98. The fourth-order valence-corrected chi connectivity index (χ4v) is 2.65. The molecule has 1 heterocycles. The van der Waals surface area contributed by atoms with Gasteiger partial charge in [-0.1, -0.05) is 0 Å². The van der Waals surface area contributed by atoms with Crippen molar-refractivity contribution in [2.24, 2.45) is 0 Å². The summed E-state index contributed by atoms with van der Waals surface area (Å²) in [6.07, 6.45) is 5.65. The van der Waals surface area contributed by atoms with Crippen LogP contribution in [-0.4, -0.2) is 33.0 Å². The highest BCUT2D eigenvalue weighted by molar-refractivity contribution is 5.49. The summed E-state index contributed by atoms with van der Waals surface area (Å²) < 4.78 is 16.9. The number of hydrogen-bond acceptors (Lipinski definition) is 4. The lowest BCUT2D eigenvalue weighted by Crippen LogP contribution is -2.17. The second-order valence-electron chi connectivity index (χ2n) is 5.87. The van der Waals surface area contributed by atoms with Crippen molar-refractivity contribution in [3.05, 3.63) is 23.3 Å². The molecular formula is C17H25NO3. The van der Waals surface area contributed by atoms with E-state index in [1.165, 1.54) is 24.0 Å². The predicted molar refractivity (Wildman–Crippen MR) is 82.1 cm³/mol. The van der Waals surface area contributed by atoms with Gasteiger partial charge in [-0.15, -0.1) is 0 Å². The summed E-state index contributed by atoms with van der Waals surface area (Å²) in [5.74, 6) is 2.01. The Morgan fingerprint density at radius 2 is 2.19 bits per heavy atom. The molecule has 1 saturated carbocycles. The summed E-state index contributed by atoms with van der Waals surface area (Å²) in [4.78, 5) is 0. The van der Waals surface area contributed by atoms with Crippen LogP contribution in [0.2, 0.25) is 0 Å². The maximum absolute atomic E-state index is 5.98. The van der Waals surface area contributed by atoms with Gasteiger partial charge < -0.3 is 19.5 Å². The molecule has 2 aliphatic rings. The minimum atomic E-state index is 0.694. The van der Waals surface area contributed by atoms with Crippen LogP contribution in [-0.2, 0) is 17.7 Å². The van der Waals surface area contributed by atoms with Crippen LogP contribution in [0.25, 0.3) is 0 Å². The molecule has 0 spiro atoms. The molecule has 0 atom stereocenters. The first-order chi connectivity index (χ1) is 10.4. The van der Waals surface area contributed by atoms with Crippen LogP contribution < -0.4 is 14.8 Å². The zero-order valence-corrected chi connectivity index (χ0v) is 12.8. The molecule has 4 nitrogen and oxygen atoms in total. The Balaban J connectivity index is 1.69. The molecule has 0 aromatic heterocycles. The van der Waals surface area contributed by atoms with Crippen LogP contribution in [0.3, 0.4) is 0 Å². The van der Waals surface area contributed by atoms with E-state index in [1.54, 1.807) is 7.11 Å². The molecule has 1 aromatic carbocycles. The summed E-state index contributed by atoms with van der Waals surface area (Å²) >= 11 is 0. The summed E-state index contributed by atoms with van der Waals surface area (Å²) in [6, 6.07) is 5.06. The second-order valence-corrected chi connectivity index (χ2v) is 5.87. The molecule has 4 heteroatoms. The molecule has 0 bridgehead atoms. The Hall–Kier alpha value is -1.26. The Kier molecular flexibility index (Phi) is 4.99. The number of rotatable bonds is 8. The fraction of sp³-hybridized carbons (Fsp3) is 0.647. The van der Waals surface area contributed by atoms with Crippen molar-refractivity contribution >= 4 is 0 Å². The summed E-state index contributed by atoms with van der Waals surface area (Å²) in [7, 11) is 1.72. The smallest absolute Gasteiger partial charge is 0.126 e. The van der Waals surface area contributed by atoms with Gasteiger partial charge in [0, 0.05) is 38.3 Å². The van der Waals surface area contributed by atoms with Gasteiger partial charge in [0.05, 0.1) is 13.2 Å². The third-order valence-corrected chi connectivity index (χ3v) is 3.98. The molecule has 0 amide bonds. The average Bonchev–Trinajstić information content (AvgIpc) is 3.34. The summed E-state index contributed by atoms with van der Waals surface area (Å²) in [6.45, 7) is 3.15. The Morgan fingerprint density at radius 3 is 3.00 bits per heavy atom. The van der Waals surface area contributed by atoms with Gasteiger partial charge in [0.25, 0.3) is 0 Å². The minimum Gasteiger partial charge on any atom is -0.493 e. The van der Waals surface area contributed by atoms with E-state index in [2.05, 4.69) is 17.4 Å². The average molecular weight is 291 g/mol. The lowest BCUT2D eigenvalue weighted by Gasteiger charge is -2.22. The van der Waals surface area contributed by atoms with Crippen LogP contribution in [0, 0.1) is 0 Å². The quantitative estimate of drug-likeness (QED) is 0.748. The van der Waals surface area contributed by atoms with E-state index in [1.807, 2.05) is 0 Å². The Morgan fingerprint density at radius 1 is 1.29 bits per heavy atom. The zero-order valence-electron chi connectivity index (χ0n) is 12.8. The van der Waals surface area contributed by atoms with Crippen LogP contribution in [0.5, 0.6) is 11.5 Å². The van der Waals surface area contributed by atoms with Crippen LogP contribution in [0.4, 0.5) is 0 Å². The van der Waals surface area contributed by atoms with Crippen LogP contribution >= 0.6 is 0 Å². The lowest BCUT2D eigenvalue weighted by molar-refractivity contribution is 0.171. The third-order valence-electron chi connectivity index (χ3n) is 3.98. The molecule has 3 rings (SSSR count). The third kappa shape index (κ3) is 4.11. The largest absolute Gasteiger partial charge is 0.493 e. The minimum absolute atomic E-state index is 0.694. The van der Waals surface area contributed by atoms with Crippen molar-refractivity contribution in [1.82, 2.24) is 5.32 Å². The number of ether oxygens (including phenoxy) is 3. The summed E-state index contributed by atoms with van der Waals surface area (Å²) in [5, 5.41) is 3.55. The van der Waals surface area contributed by atoms with Crippen molar-refractivity contribution in [3.8, 4) is 11.5 Å². The first-order valence-electron chi connectivity index (χ1n) is 8.00. The van der Waals surface area contributed by atoms with Gasteiger partial charge >= 0.3 is 0 Å². The van der Waals surface area contributed by atoms with Crippen molar-refractivity contribution < 1.29 is 14.2 Å². The van der Waals surface area contributed by atoms with Gasteiger partial charge in [0.2, 0.25) is 0 Å². The Bertz CT molecular complexity index is 471. The molecule has 1 aliphatic carbocycles. The van der Waals surface area contributed by atoms with Gasteiger partial charge in [0.15, 0.2) is 0 Å². The van der Waals surface area contributed by atoms with E-state index in [4.69, 9.17) is 14.2 Å². The number of nitrogens with one attached hydrogen (secondary N) is 1. The maximum Gasteiger partial charge on any atom is 0.126 e. The molecular weight excluding hydrogens is 266 g/mol. The molecule has 0 unspecified atom stereocenters. The predicted octanol–water partition coefficient (Wildman–Crippen LogP) is 2.68. The monoisotopic (exact) mass is 291 g/mol. The first kappa shape index (κ1) is 14.7. The first-order valence-corrected chi connectivity index (χ1v) is 8.00. The van der Waals surface area contributed by atoms with Crippen LogP contribution in [0.1, 0.15) is 36.8 Å². The van der Waals surface area contributed by atoms with Crippen molar-refractivity contribution in [2.45, 2.75) is 44.7 Å². The van der Waals surface area contributed by atoms with E-state index in [0.717, 1.165) is 50.5 Å². The molecule has 1 N–H and O–H groups in total. The summed E-state index contributed by atoms with van der Waals surface area (Å²) in [5.41, 5.74) is 2.48. The van der Waals surface area contributed by atoms with Gasteiger partial charge in [-0.05, 0) is 43.4 Å². The molecule has 21 heavy (non-hydrogen) atoms. The molecule has 1 aliphatic heterocycles. The highest BCUT2D eigenvalue weighted by Gasteiger charge is 2.21.